The second kappa shape index (κ2) is 11.3. The Morgan fingerprint density at radius 2 is 1.84 bits per heavy atom. The maximum atomic E-state index is 16.2. The Morgan fingerprint density at radius 1 is 1.09 bits per heavy atom. The molecule has 2 fully saturated rings. The van der Waals surface area contributed by atoms with Gasteiger partial charge in [-0.3, -0.25) is 9.78 Å². The number of piperazine rings is 1. The van der Waals surface area contributed by atoms with Crippen molar-refractivity contribution in [2.75, 3.05) is 38.2 Å². The van der Waals surface area contributed by atoms with Crippen molar-refractivity contribution in [2.24, 2.45) is 0 Å². The van der Waals surface area contributed by atoms with Gasteiger partial charge in [0.1, 0.15) is 28.6 Å². The van der Waals surface area contributed by atoms with Gasteiger partial charge in [0.2, 0.25) is 0 Å². The Morgan fingerprint density at radius 3 is 2.51 bits per heavy atom. The van der Waals surface area contributed by atoms with E-state index in [1.807, 2.05) is 4.90 Å². The third kappa shape index (κ3) is 5.66. The third-order valence-electron chi connectivity index (χ3n) is 7.51. The van der Waals surface area contributed by atoms with Crippen LogP contribution in [-0.2, 0) is 4.79 Å². The highest BCUT2D eigenvalue weighted by atomic mass is 35.5. The van der Waals surface area contributed by atoms with E-state index >= 15 is 4.39 Å². The van der Waals surface area contributed by atoms with Crippen molar-refractivity contribution in [3.63, 3.8) is 0 Å². The number of rotatable bonds is 6. The van der Waals surface area contributed by atoms with Crippen molar-refractivity contribution in [1.82, 2.24) is 29.8 Å². The SMILES string of the molecule is COc1nc(N2CCN(C(=O)/C(F)=C/c3cc(C)nc(C)n3)CC2)c2cnc(-c3cc(O)cc(Cl)c3C3CC3)c(F)c2n1. The summed E-state index contributed by atoms with van der Waals surface area (Å²) in [4.78, 5) is 37.7. The molecule has 0 radical (unpaired) electrons. The molecular formula is C30H28ClF2N7O3. The number of phenols is 1. The van der Waals surface area contributed by atoms with Crippen LogP contribution < -0.4 is 9.64 Å². The lowest BCUT2D eigenvalue weighted by Crippen LogP contribution is -2.49. The van der Waals surface area contributed by atoms with Gasteiger partial charge in [0, 0.05) is 54.7 Å². The van der Waals surface area contributed by atoms with Crippen molar-refractivity contribution >= 4 is 40.3 Å². The molecule has 1 aromatic carbocycles. The van der Waals surface area contributed by atoms with Crippen LogP contribution in [0, 0.1) is 19.7 Å². The average Bonchev–Trinajstić information content (AvgIpc) is 3.81. The zero-order chi connectivity index (χ0) is 30.4. The summed E-state index contributed by atoms with van der Waals surface area (Å²) in [5.41, 5.74) is 2.17. The number of methoxy groups -OCH3 is 1. The van der Waals surface area contributed by atoms with Gasteiger partial charge in [-0.1, -0.05) is 11.6 Å². The summed E-state index contributed by atoms with van der Waals surface area (Å²) in [7, 11) is 1.39. The van der Waals surface area contributed by atoms with E-state index in [2.05, 4.69) is 24.9 Å². The number of ether oxygens (including phenoxy) is 1. The maximum Gasteiger partial charge on any atom is 0.318 e. The Bertz CT molecular complexity index is 1770. The Hall–Kier alpha value is -4.45. The molecule has 0 bridgehead atoms. The molecule has 1 saturated heterocycles. The number of carbonyl (C=O) groups is 1. The molecule has 222 valence electrons. The Labute approximate surface area is 251 Å². The molecule has 4 heterocycles. The molecule has 2 aliphatic rings. The van der Waals surface area contributed by atoms with Gasteiger partial charge in [-0.15, -0.1) is 0 Å². The second-order valence-corrected chi connectivity index (χ2v) is 11.0. The number of aromatic nitrogens is 5. The molecule has 0 spiro atoms. The molecule has 0 atom stereocenters. The summed E-state index contributed by atoms with van der Waals surface area (Å²) in [5.74, 6) is -1.41. The molecule has 1 aliphatic heterocycles. The number of aryl methyl sites for hydroxylation is 2. The number of amides is 1. The predicted octanol–water partition coefficient (Wildman–Crippen LogP) is 5.14. The van der Waals surface area contributed by atoms with Crippen LogP contribution in [0.25, 0.3) is 28.2 Å². The Balaban J connectivity index is 1.28. The van der Waals surface area contributed by atoms with Gasteiger partial charge in [-0.25, -0.2) is 18.7 Å². The van der Waals surface area contributed by atoms with Crippen molar-refractivity contribution < 1.29 is 23.4 Å². The number of phenolic OH excluding ortho intramolecular Hbond substituents is 1. The zero-order valence-electron chi connectivity index (χ0n) is 23.7. The van der Waals surface area contributed by atoms with Crippen LogP contribution >= 0.6 is 11.6 Å². The highest BCUT2D eigenvalue weighted by Gasteiger charge is 2.32. The summed E-state index contributed by atoms with van der Waals surface area (Å²) >= 11 is 6.45. The first-order valence-corrected chi connectivity index (χ1v) is 14.2. The molecule has 3 aromatic heterocycles. The smallest absolute Gasteiger partial charge is 0.318 e. The van der Waals surface area contributed by atoms with E-state index in [0.29, 0.717) is 52.1 Å². The molecule has 4 aromatic rings. The number of aromatic hydroxyl groups is 1. The fourth-order valence-electron chi connectivity index (χ4n) is 5.41. The number of pyridine rings is 1. The highest BCUT2D eigenvalue weighted by molar-refractivity contribution is 6.32. The molecule has 1 amide bonds. The van der Waals surface area contributed by atoms with E-state index in [1.165, 1.54) is 30.3 Å². The minimum absolute atomic E-state index is 0.00372. The summed E-state index contributed by atoms with van der Waals surface area (Å²) in [6.45, 7) is 4.48. The summed E-state index contributed by atoms with van der Waals surface area (Å²) in [6, 6.07) is 4.47. The lowest BCUT2D eigenvalue weighted by Gasteiger charge is -2.35. The monoisotopic (exact) mass is 607 g/mol. The first-order chi connectivity index (χ1) is 20.6. The minimum atomic E-state index is -0.920. The first kappa shape index (κ1) is 28.7. The van der Waals surface area contributed by atoms with Crippen LogP contribution in [0.4, 0.5) is 14.6 Å². The molecule has 1 aliphatic carbocycles. The number of hydrogen-bond donors (Lipinski definition) is 1. The second-order valence-electron chi connectivity index (χ2n) is 10.6. The number of nitrogens with zero attached hydrogens (tertiary/aromatic N) is 7. The van der Waals surface area contributed by atoms with Crippen molar-refractivity contribution in [3.8, 4) is 23.0 Å². The number of benzene rings is 1. The van der Waals surface area contributed by atoms with Crippen LogP contribution in [-0.4, -0.2) is 74.1 Å². The summed E-state index contributed by atoms with van der Waals surface area (Å²) in [5, 5.41) is 10.9. The Kier molecular flexibility index (Phi) is 7.55. The number of hydrogen-bond acceptors (Lipinski definition) is 9. The van der Waals surface area contributed by atoms with Gasteiger partial charge in [0.25, 0.3) is 5.91 Å². The number of carbonyl (C=O) groups excluding carboxylic acids is 1. The van der Waals surface area contributed by atoms with E-state index in [9.17, 15) is 14.3 Å². The average molecular weight is 608 g/mol. The third-order valence-corrected chi connectivity index (χ3v) is 7.83. The molecular weight excluding hydrogens is 580 g/mol. The van der Waals surface area contributed by atoms with E-state index in [4.69, 9.17) is 16.3 Å². The van der Waals surface area contributed by atoms with Crippen LogP contribution in [0.2, 0.25) is 5.02 Å². The minimum Gasteiger partial charge on any atom is -0.508 e. The number of halogens is 3. The lowest BCUT2D eigenvalue weighted by atomic mass is 9.98. The number of anilines is 1. The van der Waals surface area contributed by atoms with Crippen molar-refractivity contribution in [2.45, 2.75) is 32.6 Å². The van der Waals surface area contributed by atoms with Gasteiger partial charge in [-0.2, -0.15) is 9.97 Å². The molecule has 43 heavy (non-hydrogen) atoms. The fourth-order valence-corrected chi connectivity index (χ4v) is 5.78. The molecule has 13 heteroatoms. The fraction of sp³-hybridized carbons (Fsp3) is 0.333. The van der Waals surface area contributed by atoms with Crippen LogP contribution in [0.3, 0.4) is 0 Å². The molecule has 1 N–H and O–H groups in total. The van der Waals surface area contributed by atoms with Gasteiger partial charge >= 0.3 is 6.01 Å². The van der Waals surface area contributed by atoms with Gasteiger partial charge in [-0.05, 0) is 56.4 Å². The summed E-state index contributed by atoms with van der Waals surface area (Å²) in [6.07, 6.45) is 4.43. The number of fused-ring (bicyclic) bond motifs is 1. The van der Waals surface area contributed by atoms with E-state index < -0.39 is 17.6 Å². The topological polar surface area (TPSA) is 117 Å². The standard InChI is InChI=1S/C30H28ClF2N7O3/c1-15-10-18(36-16(2)35-15)11-23(32)29(42)40-8-6-39(7-9-40)28-21-14-34-26(25(33)27(21)37-30(38-28)43-3)20-12-19(41)13-22(31)24(20)17-4-5-17/h10-14,17,41H,4-9H2,1-3H3/b23-11-. The zero-order valence-corrected chi connectivity index (χ0v) is 24.5. The molecule has 10 nitrogen and oxygen atoms in total. The maximum absolute atomic E-state index is 16.2. The highest BCUT2D eigenvalue weighted by Crippen LogP contribution is 2.49. The van der Waals surface area contributed by atoms with Crippen LogP contribution in [0.1, 0.15) is 41.5 Å². The van der Waals surface area contributed by atoms with Crippen molar-refractivity contribution in [1.29, 1.82) is 0 Å². The van der Waals surface area contributed by atoms with Gasteiger partial charge in [0.05, 0.1) is 18.2 Å². The predicted molar refractivity (Wildman–Crippen MR) is 157 cm³/mol. The van der Waals surface area contributed by atoms with Gasteiger partial charge < -0.3 is 19.6 Å². The molecule has 0 unspecified atom stereocenters. The van der Waals surface area contributed by atoms with E-state index in [0.717, 1.165) is 24.5 Å². The molecule has 1 saturated carbocycles. The lowest BCUT2D eigenvalue weighted by molar-refractivity contribution is -0.128. The van der Waals surface area contributed by atoms with Gasteiger partial charge in [0.15, 0.2) is 11.6 Å². The quantitative estimate of drug-likeness (QED) is 0.297. The van der Waals surface area contributed by atoms with E-state index in [1.54, 1.807) is 19.9 Å². The largest absolute Gasteiger partial charge is 0.508 e. The molecule has 6 rings (SSSR count). The summed E-state index contributed by atoms with van der Waals surface area (Å²) < 4.78 is 36.4. The first-order valence-electron chi connectivity index (χ1n) is 13.8. The normalized spacial score (nSPS) is 15.7. The van der Waals surface area contributed by atoms with Crippen molar-refractivity contribution in [3.05, 3.63) is 63.8 Å². The van der Waals surface area contributed by atoms with E-state index in [-0.39, 0.29) is 42.0 Å². The van der Waals surface area contributed by atoms with Crippen LogP contribution in [0.5, 0.6) is 11.8 Å². The van der Waals surface area contributed by atoms with Crippen LogP contribution in [0.15, 0.2) is 30.2 Å².